The molecule has 1 fully saturated rings. The fraction of sp³-hybridized carbons (Fsp3) is 0.600. The predicted molar refractivity (Wildman–Crippen MR) is 80.9 cm³/mol. The molecule has 1 heterocycles. The lowest BCUT2D eigenvalue weighted by Crippen LogP contribution is -2.36. The third-order valence-corrected chi connectivity index (χ3v) is 3.89. The van der Waals surface area contributed by atoms with Gasteiger partial charge in [-0.15, -0.1) is 0 Å². The molecule has 1 unspecified atom stereocenters. The van der Waals surface area contributed by atoms with Gasteiger partial charge < -0.3 is 20.3 Å². The van der Waals surface area contributed by atoms with Crippen LogP contribution in [-0.4, -0.2) is 44.7 Å². The molecule has 0 radical (unpaired) electrons. The zero-order valence-corrected chi connectivity index (χ0v) is 12.2. The van der Waals surface area contributed by atoms with Gasteiger partial charge in [-0.2, -0.15) is 0 Å². The van der Waals surface area contributed by atoms with Gasteiger partial charge in [0.15, 0.2) is 0 Å². The number of likely N-dealkylation sites (tertiary alicyclic amines) is 1. The van der Waals surface area contributed by atoms with E-state index in [2.05, 4.69) is 30.0 Å². The fourth-order valence-electron chi connectivity index (χ4n) is 2.67. The highest BCUT2D eigenvalue weighted by Crippen LogP contribution is 2.28. The summed E-state index contributed by atoms with van der Waals surface area (Å²) in [5.74, 6) is 0.784. The van der Waals surface area contributed by atoms with Crippen LogP contribution in [0, 0.1) is 0 Å². The molecule has 0 bridgehead atoms. The molecule has 4 heteroatoms. The Kier molecular flexibility index (Phi) is 4.53. The maximum Gasteiger partial charge on any atom is 0.144 e. The summed E-state index contributed by atoms with van der Waals surface area (Å²) in [6.45, 7) is 4.88. The van der Waals surface area contributed by atoms with Crippen molar-refractivity contribution < 1.29 is 4.74 Å². The minimum absolute atomic E-state index is 0.642. The molecule has 0 amide bonds. The van der Waals surface area contributed by atoms with Gasteiger partial charge in [0.2, 0.25) is 0 Å². The zero-order chi connectivity index (χ0) is 13.8. The number of rotatable bonds is 5. The summed E-state index contributed by atoms with van der Waals surface area (Å²) in [5.41, 5.74) is 7.78. The van der Waals surface area contributed by atoms with Crippen molar-refractivity contribution in [3.8, 4) is 5.75 Å². The van der Waals surface area contributed by atoms with E-state index < -0.39 is 0 Å². The standard InChI is InChI=1S/C15H25N3O/c1-4-19-15-10-12(7-8-14(15)16)18(3)11-13-6-5-9-17(13)2/h7-8,10,13H,4-6,9,11,16H2,1-3H3. The Hall–Kier alpha value is -1.42. The number of ether oxygens (including phenoxy) is 1. The normalized spacial score (nSPS) is 19.6. The lowest BCUT2D eigenvalue weighted by atomic mass is 10.2. The van der Waals surface area contributed by atoms with E-state index in [9.17, 15) is 0 Å². The quantitative estimate of drug-likeness (QED) is 0.827. The van der Waals surface area contributed by atoms with Crippen molar-refractivity contribution in [2.75, 3.05) is 44.4 Å². The Morgan fingerprint density at radius 3 is 2.89 bits per heavy atom. The summed E-state index contributed by atoms with van der Waals surface area (Å²) in [4.78, 5) is 4.73. The minimum atomic E-state index is 0.642. The van der Waals surface area contributed by atoms with Crippen LogP contribution in [0.3, 0.4) is 0 Å². The molecule has 106 valence electrons. The molecule has 2 N–H and O–H groups in total. The van der Waals surface area contributed by atoms with Gasteiger partial charge in [0.1, 0.15) is 5.75 Å². The molecule has 1 aromatic rings. The summed E-state index contributed by atoms with van der Waals surface area (Å²) in [7, 11) is 4.34. The highest BCUT2D eigenvalue weighted by atomic mass is 16.5. The summed E-state index contributed by atoms with van der Waals surface area (Å²) >= 11 is 0. The Bertz CT molecular complexity index is 422. The van der Waals surface area contributed by atoms with Crippen molar-refractivity contribution in [2.24, 2.45) is 0 Å². The number of likely N-dealkylation sites (N-methyl/N-ethyl adjacent to an activating group) is 2. The van der Waals surface area contributed by atoms with Crippen LogP contribution in [0.4, 0.5) is 11.4 Å². The molecule has 2 rings (SSSR count). The molecule has 0 aromatic heterocycles. The second-order valence-electron chi connectivity index (χ2n) is 5.31. The van der Waals surface area contributed by atoms with Crippen molar-refractivity contribution in [1.82, 2.24) is 4.90 Å². The number of nitrogens with two attached hydrogens (primary N) is 1. The van der Waals surface area contributed by atoms with Gasteiger partial charge >= 0.3 is 0 Å². The molecule has 1 atom stereocenters. The number of nitrogen functional groups attached to an aromatic ring is 1. The first kappa shape index (κ1) is 14.0. The van der Waals surface area contributed by atoms with Crippen LogP contribution in [0.2, 0.25) is 0 Å². The fourth-order valence-corrected chi connectivity index (χ4v) is 2.67. The lowest BCUT2D eigenvalue weighted by molar-refractivity contribution is 0.314. The lowest BCUT2D eigenvalue weighted by Gasteiger charge is -2.27. The second-order valence-corrected chi connectivity index (χ2v) is 5.31. The summed E-state index contributed by atoms with van der Waals surface area (Å²) in [6, 6.07) is 6.67. The van der Waals surface area contributed by atoms with Crippen LogP contribution >= 0.6 is 0 Å². The number of nitrogens with zero attached hydrogens (tertiary/aromatic N) is 2. The second kappa shape index (κ2) is 6.15. The average molecular weight is 263 g/mol. The van der Waals surface area contributed by atoms with Crippen molar-refractivity contribution in [3.63, 3.8) is 0 Å². The monoisotopic (exact) mass is 263 g/mol. The van der Waals surface area contributed by atoms with Crippen LogP contribution in [0.1, 0.15) is 19.8 Å². The van der Waals surface area contributed by atoms with Gasteiger partial charge in [-0.3, -0.25) is 0 Å². The van der Waals surface area contributed by atoms with E-state index in [0.717, 1.165) is 18.0 Å². The maximum atomic E-state index is 5.91. The molecule has 0 spiro atoms. The molecule has 1 saturated heterocycles. The first-order valence-corrected chi connectivity index (χ1v) is 7.05. The van der Waals surface area contributed by atoms with Crippen LogP contribution in [-0.2, 0) is 0 Å². The van der Waals surface area contributed by atoms with Gasteiger partial charge in [0, 0.05) is 31.4 Å². The topological polar surface area (TPSA) is 41.7 Å². The van der Waals surface area contributed by atoms with Crippen molar-refractivity contribution in [3.05, 3.63) is 18.2 Å². The Balaban J connectivity index is 2.05. The summed E-state index contributed by atoms with van der Waals surface area (Å²) in [5, 5.41) is 0. The summed E-state index contributed by atoms with van der Waals surface area (Å²) in [6.07, 6.45) is 2.59. The highest BCUT2D eigenvalue weighted by Gasteiger charge is 2.22. The van der Waals surface area contributed by atoms with E-state index in [4.69, 9.17) is 10.5 Å². The molecule has 0 saturated carbocycles. The Morgan fingerprint density at radius 1 is 1.47 bits per heavy atom. The van der Waals surface area contributed by atoms with E-state index >= 15 is 0 Å². The van der Waals surface area contributed by atoms with Crippen LogP contribution in [0.15, 0.2) is 18.2 Å². The number of benzene rings is 1. The minimum Gasteiger partial charge on any atom is -0.492 e. The number of anilines is 2. The van der Waals surface area contributed by atoms with E-state index in [1.54, 1.807) is 0 Å². The van der Waals surface area contributed by atoms with E-state index in [1.165, 1.54) is 19.4 Å². The molecule has 1 aliphatic rings. The van der Waals surface area contributed by atoms with Crippen LogP contribution in [0.5, 0.6) is 5.75 Å². The molecule has 1 aliphatic heterocycles. The van der Waals surface area contributed by atoms with Gasteiger partial charge in [0.25, 0.3) is 0 Å². The largest absolute Gasteiger partial charge is 0.492 e. The molecule has 19 heavy (non-hydrogen) atoms. The predicted octanol–water partition coefficient (Wildman–Crippen LogP) is 2.20. The first-order chi connectivity index (χ1) is 9.11. The van der Waals surface area contributed by atoms with Gasteiger partial charge in [-0.05, 0) is 45.5 Å². The third kappa shape index (κ3) is 3.32. The van der Waals surface area contributed by atoms with Gasteiger partial charge in [-0.25, -0.2) is 0 Å². The van der Waals surface area contributed by atoms with E-state index in [0.29, 0.717) is 18.3 Å². The number of hydrogen-bond acceptors (Lipinski definition) is 4. The molecule has 4 nitrogen and oxygen atoms in total. The van der Waals surface area contributed by atoms with E-state index in [-0.39, 0.29) is 0 Å². The smallest absolute Gasteiger partial charge is 0.144 e. The molecule has 0 aliphatic carbocycles. The average Bonchev–Trinajstić information content (AvgIpc) is 2.78. The third-order valence-electron chi connectivity index (χ3n) is 3.89. The highest BCUT2D eigenvalue weighted by molar-refractivity contribution is 5.62. The van der Waals surface area contributed by atoms with Crippen LogP contribution < -0.4 is 15.4 Å². The van der Waals surface area contributed by atoms with Gasteiger partial charge in [-0.1, -0.05) is 0 Å². The van der Waals surface area contributed by atoms with E-state index in [1.807, 2.05) is 19.1 Å². The molecular weight excluding hydrogens is 238 g/mol. The van der Waals surface area contributed by atoms with Crippen molar-refractivity contribution in [2.45, 2.75) is 25.8 Å². The van der Waals surface area contributed by atoms with Gasteiger partial charge in [0.05, 0.1) is 12.3 Å². The Morgan fingerprint density at radius 2 is 2.26 bits per heavy atom. The molecular formula is C15H25N3O. The first-order valence-electron chi connectivity index (χ1n) is 7.05. The van der Waals surface area contributed by atoms with Crippen molar-refractivity contribution >= 4 is 11.4 Å². The molecule has 1 aromatic carbocycles. The summed E-state index contributed by atoms with van der Waals surface area (Å²) < 4.78 is 5.56. The maximum absolute atomic E-state index is 5.91. The SMILES string of the molecule is CCOc1cc(N(C)CC2CCCN2C)ccc1N. The Labute approximate surface area is 116 Å². The number of hydrogen-bond donors (Lipinski definition) is 1. The zero-order valence-electron chi connectivity index (χ0n) is 12.2. The van der Waals surface area contributed by atoms with Crippen molar-refractivity contribution in [1.29, 1.82) is 0 Å². The van der Waals surface area contributed by atoms with Crippen LogP contribution in [0.25, 0.3) is 0 Å².